The number of benzene rings is 1. The van der Waals surface area contributed by atoms with Crippen LogP contribution in [0.1, 0.15) is 23.5 Å². The Morgan fingerprint density at radius 3 is 2.95 bits per heavy atom. The van der Waals surface area contributed by atoms with Crippen LogP contribution in [0, 0.1) is 5.82 Å². The first kappa shape index (κ1) is 11.6. The maximum atomic E-state index is 13.7. The Morgan fingerprint density at radius 2 is 2.26 bits per heavy atom. The summed E-state index contributed by atoms with van der Waals surface area (Å²) in [6.45, 7) is 0. The van der Waals surface area contributed by atoms with Crippen molar-refractivity contribution in [3.63, 3.8) is 0 Å². The van der Waals surface area contributed by atoms with Crippen LogP contribution in [0.2, 0.25) is 0 Å². The Bertz CT molecular complexity index is 636. The summed E-state index contributed by atoms with van der Waals surface area (Å²) >= 11 is 0. The number of nitrogens with zero attached hydrogens (tertiary/aromatic N) is 2. The normalized spacial score (nSPS) is 14.4. The number of carbonyl (C=O) groups is 1. The average molecular weight is 262 g/mol. The molecule has 1 saturated carbocycles. The zero-order chi connectivity index (χ0) is 13.4. The van der Waals surface area contributed by atoms with Crippen molar-refractivity contribution in [3.05, 3.63) is 29.8 Å². The fraction of sp³-hybridized carbons (Fsp3) is 0.250. The number of amides is 1. The predicted molar refractivity (Wildman–Crippen MR) is 64.6 cm³/mol. The van der Waals surface area contributed by atoms with E-state index >= 15 is 0 Å². The number of rotatable bonds is 3. The molecule has 0 atom stereocenters. The molecule has 1 aliphatic carbocycles. The average Bonchev–Trinajstić information content (AvgIpc) is 3.04. The minimum absolute atomic E-state index is 0.0431. The maximum Gasteiger partial charge on any atom is 0.292 e. The van der Waals surface area contributed by atoms with Crippen molar-refractivity contribution in [1.82, 2.24) is 15.5 Å². The van der Waals surface area contributed by atoms with Crippen LogP contribution in [-0.4, -0.2) is 22.1 Å². The van der Waals surface area contributed by atoms with E-state index in [4.69, 9.17) is 10.3 Å². The van der Waals surface area contributed by atoms with Crippen molar-refractivity contribution in [2.45, 2.75) is 18.9 Å². The molecule has 0 radical (unpaired) electrons. The summed E-state index contributed by atoms with van der Waals surface area (Å²) in [5, 5.41) is 6.26. The molecule has 1 aromatic carbocycles. The molecule has 1 aromatic heterocycles. The van der Waals surface area contributed by atoms with Crippen LogP contribution < -0.4 is 11.1 Å². The zero-order valence-electron chi connectivity index (χ0n) is 9.89. The van der Waals surface area contributed by atoms with E-state index in [1.54, 1.807) is 0 Å². The summed E-state index contributed by atoms with van der Waals surface area (Å²) in [5.41, 5.74) is 5.87. The Kier molecular flexibility index (Phi) is 2.66. The van der Waals surface area contributed by atoms with E-state index in [1.165, 1.54) is 12.1 Å². The lowest BCUT2D eigenvalue weighted by molar-refractivity contribution is 0.0937. The van der Waals surface area contributed by atoms with Gasteiger partial charge in [-0.15, -0.1) is 0 Å². The first-order valence-corrected chi connectivity index (χ1v) is 5.83. The van der Waals surface area contributed by atoms with Gasteiger partial charge >= 0.3 is 0 Å². The molecule has 1 aliphatic rings. The van der Waals surface area contributed by atoms with E-state index in [0.29, 0.717) is 5.69 Å². The van der Waals surface area contributed by atoms with Crippen molar-refractivity contribution in [3.8, 4) is 11.5 Å². The van der Waals surface area contributed by atoms with Gasteiger partial charge < -0.3 is 15.6 Å². The summed E-state index contributed by atoms with van der Waals surface area (Å²) in [5.74, 6) is -1.12. The second-order valence-corrected chi connectivity index (χ2v) is 4.41. The zero-order valence-corrected chi connectivity index (χ0v) is 9.89. The van der Waals surface area contributed by atoms with E-state index in [9.17, 15) is 9.18 Å². The van der Waals surface area contributed by atoms with Gasteiger partial charge in [0.05, 0.1) is 5.56 Å². The highest BCUT2D eigenvalue weighted by Crippen LogP contribution is 2.23. The molecule has 0 spiro atoms. The Balaban J connectivity index is 1.85. The van der Waals surface area contributed by atoms with Gasteiger partial charge in [0.25, 0.3) is 17.6 Å². The van der Waals surface area contributed by atoms with Crippen LogP contribution in [0.15, 0.2) is 22.7 Å². The molecular formula is C12H11FN4O2. The molecule has 0 saturated heterocycles. The van der Waals surface area contributed by atoms with Gasteiger partial charge in [-0.2, -0.15) is 4.98 Å². The topological polar surface area (TPSA) is 94.0 Å². The highest BCUT2D eigenvalue weighted by Gasteiger charge is 2.26. The van der Waals surface area contributed by atoms with Crippen molar-refractivity contribution in [1.29, 1.82) is 0 Å². The number of hydrogen-bond acceptors (Lipinski definition) is 5. The summed E-state index contributed by atoms with van der Waals surface area (Å²) in [6, 6.07) is 4.30. The van der Waals surface area contributed by atoms with Crippen molar-refractivity contribution in [2.75, 3.05) is 5.73 Å². The maximum absolute atomic E-state index is 13.7. The largest absolute Gasteiger partial charge is 0.399 e. The lowest BCUT2D eigenvalue weighted by atomic mass is 10.2. The highest BCUT2D eigenvalue weighted by molar-refractivity contribution is 5.91. The molecule has 1 heterocycles. The molecule has 0 bridgehead atoms. The van der Waals surface area contributed by atoms with Gasteiger partial charge in [-0.25, -0.2) is 4.39 Å². The molecular weight excluding hydrogens is 251 g/mol. The smallest absolute Gasteiger partial charge is 0.292 e. The molecule has 1 fully saturated rings. The van der Waals surface area contributed by atoms with E-state index < -0.39 is 11.7 Å². The van der Waals surface area contributed by atoms with Gasteiger partial charge in [-0.3, -0.25) is 4.79 Å². The van der Waals surface area contributed by atoms with Gasteiger partial charge in [-0.1, -0.05) is 5.16 Å². The number of nitrogens with two attached hydrogens (primary N) is 1. The first-order valence-electron chi connectivity index (χ1n) is 5.83. The molecule has 3 rings (SSSR count). The van der Waals surface area contributed by atoms with E-state index in [-0.39, 0.29) is 23.3 Å². The molecule has 98 valence electrons. The minimum atomic E-state index is -0.571. The Hall–Kier alpha value is -2.44. The summed E-state index contributed by atoms with van der Waals surface area (Å²) < 4.78 is 18.6. The number of hydrogen-bond donors (Lipinski definition) is 2. The third-order valence-corrected chi connectivity index (χ3v) is 2.77. The molecule has 0 unspecified atom stereocenters. The lowest BCUT2D eigenvalue weighted by Gasteiger charge is -1.98. The highest BCUT2D eigenvalue weighted by atomic mass is 19.1. The van der Waals surface area contributed by atoms with Crippen LogP contribution in [0.4, 0.5) is 10.1 Å². The quantitative estimate of drug-likeness (QED) is 0.814. The fourth-order valence-electron chi connectivity index (χ4n) is 1.61. The van der Waals surface area contributed by atoms with Crippen molar-refractivity contribution < 1.29 is 13.7 Å². The van der Waals surface area contributed by atoms with Gasteiger partial charge in [0.15, 0.2) is 0 Å². The van der Waals surface area contributed by atoms with Gasteiger partial charge in [0.1, 0.15) is 5.82 Å². The predicted octanol–water partition coefficient (Wildman–Crippen LogP) is 1.35. The third-order valence-electron chi connectivity index (χ3n) is 2.77. The molecule has 3 N–H and O–H groups in total. The Morgan fingerprint density at radius 1 is 1.47 bits per heavy atom. The Labute approximate surface area is 107 Å². The molecule has 19 heavy (non-hydrogen) atoms. The van der Waals surface area contributed by atoms with E-state index in [0.717, 1.165) is 18.9 Å². The molecule has 1 amide bonds. The summed E-state index contributed by atoms with van der Waals surface area (Å²) in [6.07, 6.45) is 1.92. The number of anilines is 1. The second kappa shape index (κ2) is 4.34. The van der Waals surface area contributed by atoms with Crippen LogP contribution in [0.3, 0.4) is 0 Å². The number of aromatic nitrogens is 2. The van der Waals surface area contributed by atoms with Gasteiger partial charge in [0.2, 0.25) is 0 Å². The molecule has 2 aromatic rings. The minimum Gasteiger partial charge on any atom is -0.399 e. The van der Waals surface area contributed by atoms with Crippen LogP contribution in [0.5, 0.6) is 0 Å². The molecule has 7 heteroatoms. The van der Waals surface area contributed by atoms with Crippen LogP contribution >= 0.6 is 0 Å². The van der Waals surface area contributed by atoms with E-state index in [1.807, 2.05) is 0 Å². The number of nitrogen functional groups attached to an aromatic ring is 1. The third kappa shape index (κ3) is 2.40. The summed E-state index contributed by atoms with van der Waals surface area (Å²) in [4.78, 5) is 15.6. The van der Waals surface area contributed by atoms with Crippen molar-refractivity contribution in [2.24, 2.45) is 0 Å². The van der Waals surface area contributed by atoms with Crippen LogP contribution in [0.25, 0.3) is 11.5 Å². The fourth-order valence-corrected chi connectivity index (χ4v) is 1.61. The standard InChI is InChI=1S/C12H11FN4O2/c13-9-5-6(14)1-4-8(9)12-16-10(17-19-12)11(18)15-7-2-3-7/h1,4-5,7H,2-3,14H2,(H,15,18). The summed E-state index contributed by atoms with van der Waals surface area (Å²) in [7, 11) is 0. The van der Waals surface area contributed by atoms with Crippen LogP contribution in [-0.2, 0) is 0 Å². The van der Waals surface area contributed by atoms with Crippen molar-refractivity contribution >= 4 is 11.6 Å². The number of nitrogens with one attached hydrogen (secondary N) is 1. The molecule has 0 aliphatic heterocycles. The lowest BCUT2D eigenvalue weighted by Crippen LogP contribution is -2.26. The van der Waals surface area contributed by atoms with Gasteiger partial charge in [-0.05, 0) is 31.0 Å². The number of halogens is 1. The monoisotopic (exact) mass is 262 g/mol. The number of carbonyl (C=O) groups excluding carboxylic acids is 1. The first-order chi connectivity index (χ1) is 9.13. The molecule has 6 nitrogen and oxygen atoms in total. The van der Waals surface area contributed by atoms with Gasteiger partial charge in [0, 0.05) is 11.7 Å². The SMILES string of the molecule is Nc1ccc(-c2nc(C(=O)NC3CC3)no2)c(F)c1. The second-order valence-electron chi connectivity index (χ2n) is 4.41. The van der Waals surface area contributed by atoms with E-state index in [2.05, 4.69) is 15.5 Å².